The Morgan fingerprint density at radius 1 is 1.67 bits per heavy atom. The van der Waals surface area contributed by atoms with Crippen molar-refractivity contribution in [2.24, 2.45) is 5.92 Å². The zero-order valence-corrected chi connectivity index (χ0v) is 6.91. The number of rotatable bonds is 1. The summed E-state index contributed by atoms with van der Waals surface area (Å²) in [6.45, 7) is 2.89. The smallest absolute Gasteiger partial charge is 0.291 e. The van der Waals surface area contributed by atoms with Crippen molar-refractivity contribution in [1.29, 1.82) is 5.26 Å². The van der Waals surface area contributed by atoms with Gasteiger partial charge in [-0.25, -0.2) is 0 Å². The minimum Gasteiger partial charge on any atom is -0.336 e. The monoisotopic (exact) mass is 166 g/mol. The fourth-order valence-corrected chi connectivity index (χ4v) is 1.25. The van der Waals surface area contributed by atoms with E-state index >= 15 is 0 Å². The maximum atomic E-state index is 11.2. The molecule has 12 heavy (non-hydrogen) atoms. The first-order valence-corrected chi connectivity index (χ1v) is 3.93. The Bertz CT molecular complexity index is 254. The molecular weight excluding hydrogens is 156 g/mol. The zero-order chi connectivity index (χ0) is 9.14. The fourth-order valence-electron chi connectivity index (χ4n) is 1.25. The number of nitrogens with zero attached hydrogens (tertiary/aromatic N) is 2. The fraction of sp³-hybridized carbons (Fsp3) is 0.625. The maximum absolute atomic E-state index is 11.2. The van der Waals surface area contributed by atoms with Crippen LogP contribution in [-0.2, 0) is 9.59 Å². The number of Topliss-reactive ketones (excluding diaryl/α,β-unsaturated/α-hetero) is 1. The molecule has 0 N–H and O–H groups in total. The number of likely N-dealkylation sites (N-methyl/N-ethyl adjacent to an activating group) is 1. The number of nitriles is 1. The average molecular weight is 166 g/mol. The van der Waals surface area contributed by atoms with Crippen molar-refractivity contribution in [1.82, 2.24) is 4.90 Å². The van der Waals surface area contributed by atoms with E-state index < -0.39 is 17.6 Å². The molecule has 1 aliphatic rings. The summed E-state index contributed by atoms with van der Waals surface area (Å²) in [7, 11) is 0. The number of likely N-dealkylation sites (tertiary alicyclic amines) is 1. The highest BCUT2D eigenvalue weighted by atomic mass is 16.2. The molecule has 4 nitrogen and oxygen atoms in total. The summed E-state index contributed by atoms with van der Waals surface area (Å²) >= 11 is 0. The second-order valence-electron chi connectivity index (χ2n) is 2.72. The Balaban J connectivity index is 2.74. The molecule has 1 atom stereocenters. The molecule has 0 bridgehead atoms. The van der Waals surface area contributed by atoms with Gasteiger partial charge in [-0.05, 0) is 13.3 Å². The third-order valence-electron chi connectivity index (χ3n) is 2.04. The molecular formula is C8H10N2O2. The van der Waals surface area contributed by atoms with Crippen LogP contribution in [0.4, 0.5) is 0 Å². The lowest BCUT2D eigenvalue weighted by Gasteiger charge is -2.26. The summed E-state index contributed by atoms with van der Waals surface area (Å²) < 4.78 is 0. The number of carbonyl (C=O) groups excluding carboxylic acids is 2. The van der Waals surface area contributed by atoms with Gasteiger partial charge in [0.25, 0.3) is 5.91 Å². The zero-order valence-electron chi connectivity index (χ0n) is 6.91. The van der Waals surface area contributed by atoms with Gasteiger partial charge in [0.2, 0.25) is 5.78 Å². The molecule has 0 aromatic carbocycles. The van der Waals surface area contributed by atoms with Gasteiger partial charge in [0.15, 0.2) is 0 Å². The third kappa shape index (κ3) is 1.30. The molecule has 1 aliphatic heterocycles. The number of hydrogen-bond donors (Lipinski definition) is 0. The summed E-state index contributed by atoms with van der Waals surface area (Å²) in [5, 5.41) is 8.50. The first kappa shape index (κ1) is 8.72. The summed E-state index contributed by atoms with van der Waals surface area (Å²) in [6.07, 6.45) is 0.481. The lowest BCUT2D eigenvalue weighted by molar-refractivity contribution is -0.148. The highest BCUT2D eigenvalue weighted by Gasteiger charge is 2.33. The van der Waals surface area contributed by atoms with E-state index in [2.05, 4.69) is 0 Å². The van der Waals surface area contributed by atoms with E-state index in [9.17, 15) is 9.59 Å². The van der Waals surface area contributed by atoms with Crippen LogP contribution < -0.4 is 0 Å². The van der Waals surface area contributed by atoms with Gasteiger partial charge < -0.3 is 4.90 Å². The van der Waals surface area contributed by atoms with Gasteiger partial charge in [-0.2, -0.15) is 5.26 Å². The molecule has 0 saturated carbocycles. The molecule has 1 heterocycles. The summed E-state index contributed by atoms with van der Waals surface area (Å²) in [5.74, 6) is -1.76. The van der Waals surface area contributed by atoms with Crippen molar-refractivity contribution in [3.05, 3.63) is 0 Å². The highest BCUT2D eigenvalue weighted by Crippen LogP contribution is 2.13. The number of amides is 1. The Hall–Kier alpha value is -1.37. The molecule has 1 amide bonds. The van der Waals surface area contributed by atoms with Gasteiger partial charge in [-0.15, -0.1) is 0 Å². The van der Waals surface area contributed by atoms with Gasteiger partial charge in [0.1, 0.15) is 5.92 Å². The Morgan fingerprint density at radius 3 is 2.83 bits per heavy atom. The lowest BCUT2D eigenvalue weighted by Crippen LogP contribution is -2.45. The standard InChI is InChI=1S/C8H10N2O2/c1-2-10-4-3-6(5-9)7(11)8(10)12/h6H,2-4H2,1H3. The Labute approximate surface area is 70.8 Å². The van der Waals surface area contributed by atoms with E-state index in [0.29, 0.717) is 19.5 Å². The second-order valence-corrected chi connectivity index (χ2v) is 2.72. The van der Waals surface area contributed by atoms with E-state index in [1.807, 2.05) is 13.0 Å². The average Bonchev–Trinajstić information content (AvgIpc) is 2.10. The van der Waals surface area contributed by atoms with Crippen molar-refractivity contribution in [3.8, 4) is 6.07 Å². The van der Waals surface area contributed by atoms with E-state index in [-0.39, 0.29) is 0 Å². The van der Waals surface area contributed by atoms with Gasteiger partial charge in [0.05, 0.1) is 6.07 Å². The van der Waals surface area contributed by atoms with Gasteiger partial charge in [-0.3, -0.25) is 9.59 Å². The van der Waals surface area contributed by atoms with Crippen LogP contribution in [0, 0.1) is 17.2 Å². The predicted octanol–water partition coefficient (Wildman–Crippen LogP) is -0.0525. The largest absolute Gasteiger partial charge is 0.336 e. The molecule has 4 heteroatoms. The molecule has 0 aliphatic carbocycles. The third-order valence-corrected chi connectivity index (χ3v) is 2.04. The summed E-state index contributed by atoms with van der Waals surface area (Å²) in [5.41, 5.74) is 0. The van der Waals surface area contributed by atoms with Crippen LogP contribution in [0.5, 0.6) is 0 Å². The van der Waals surface area contributed by atoms with Crippen LogP contribution in [0.2, 0.25) is 0 Å². The van der Waals surface area contributed by atoms with Crippen molar-refractivity contribution in [2.75, 3.05) is 13.1 Å². The summed E-state index contributed by atoms with van der Waals surface area (Å²) in [6, 6.07) is 1.83. The van der Waals surface area contributed by atoms with Crippen LogP contribution in [0.15, 0.2) is 0 Å². The van der Waals surface area contributed by atoms with Crippen molar-refractivity contribution in [2.45, 2.75) is 13.3 Å². The summed E-state index contributed by atoms with van der Waals surface area (Å²) in [4.78, 5) is 23.7. The van der Waals surface area contributed by atoms with Gasteiger partial charge in [-0.1, -0.05) is 0 Å². The van der Waals surface area contributed by atoms with E-state index in [4.69, 9.17) is 5.26 Å². The van der Waals surface area contributed by atoms with Crippen LogP contribution in [0.3, 0.4) is 0 Å². The van der Waals surface area contributed by atoms with Crippen molar-refractivity contribution >= 4 is 11.7 Å². The minimum atomic E-state index is -0.708. The molecule has 0 aromatic heterocycles. The quantitative estimate of drug-likeness (QED) is 0.513. The molecule has 0 radical (unpaired) electrons. The van der Waals surface area contributed by atoms with Crippen LogP contribution in [-0.4, -0.2) is 29.7 Å². The van der Waals surface area contributed by atoms with Crippen LogP contribution >= 0.6 is 0 Å². The van der Waals surface area contributed by atoms with Crippen LogP contribution in [0.1, 0.15) is 13.3 Å². The molecule has 1 saturated heterocycles. The minimum absolute atomic E-state index is 0.481. The van der Waals surface area contributed by atoms with Gasteiger partial charge >= 0.3 is 0 Å². The first-order chi connectivity index (χ1) is 5.70. The van der Waals surface area contributed by atoms with E-state index in [1.54, 1.807) is 0 Å². The number of carbonyl (C=O) groups is 2. The lowest BCUT2D eigenvalue weighted by atomic mass is 9.96. The number of hydrogen-bond acceptors (Lipinski definition) is 3. The topological polar surface area (TPSA) is 61.2 Å². The Morgan fingerprint density at radius 2 is 2.33 bits per heavy atom. The Kier molecular flexibility index (Phi) is 2.44. The van der Waals surface area contributed by atoms with Crippen molar-refractivity contribution < 1.29 is 9.59 Å². The first-order valence-electron chi connectivity index (χ1n) is 3.93. The van der Waals surface area contributed by atoms with E-state index in [0.717, 1.165) is 0 Å². The molecule has 1 unspecified atom stereocenters. The van der Waals surface area contributed by atoms with Gasteiger partial charge in [0, 0.05) is 13.1 Å². The molecule has 1 fully saturated rings. The molecule has 0 spiro atoms. The highest BCUT2D eigenvalue weighted by molar-refractivity contribution is 6.37. The SMILES string of the molecule is CCN1CCC(C#N)C(=O)C1=O. The predicted molar refractivity (Wildman–Crippen MR) is 41.0 cm³/mol. The van der Waals surface area contributed by atoms with Crippen molar-refractivity contribution in [3.63, 3.8) is 0 Å². The maximum Gasteiger partial charge on any atom is 0.291 e. The molecule has 1 rings (SSSR count). The molecule has 0 aromatic rings. The normalized spacial score (nSPS) is 24.0. The van der Waals surface area contributed by atoms with Crippen LogP contribution in [0.25, 0.3) is 0 Å². The second kappa shape index (κ2) is 3.35. The number of ketones is 1. The van der Waals surface area contributed by atoms with E-state index in [1.165, 1.54) is 4.90 Å². The molecule has 64 valence electrons. The number of piperidine rings is 1.